The van der Waals surface area contributed by atoms with Gasteiger partial charge in [0.25, 0.3) is 0 Å². The van der Waals surface area contributed by atoms with Crippen LogP contribution in [0.3, 0.4) is 0 Å². The molecular weight excluding hydrogens is 793 g/mol. The Morgan fingerprint density at radius 1 is 0.688 bits per heavy atom. The van der Waals surface area contributed by atoms with Gasteiger partial charge in [0, 0.05) is 46.2 Å². The second-order valence-corrected chi connectivity index (χ2v) is 18.9. The fraction of sp³-hybridized carbons (Fsp3) is 0.345. The molecular formula is C58H58O6. The quantitative estimate of drug-likeness (QED) is 0.0735. The summed E-state index contributed by atoms with van der Waals surface area (Å²) < 4.78 is 25.0. The molecule has 0 amide bonds. The minimum Gasteiger partial charge on any atom is -0.472 e. The first-order valence-corrected chi connectivity index (χ1v) is 23.6. The monoisotopic (exact) mass is 850 g/mol. The first kappa shape index (κ1) is 42.0. The number of benzene rings is 6. The minimum absolute atomic E-state index is 0.349. The van der Waals surface area contributed by atoms with Gasteiger partial charge in [0.05, 0.1) is 11.1 Å². The number of ether oxygens (including phenoxy) is 4. The van der Waals surface area contributed by atoms with E-state index in [0.29, 0.717) is 34.5 Å². The summed E-state index contributed by atoms with van der Waals surface area (Å²) in [6.07, 6.45) is 16.7. The van der Waals surface area contributed by atoms with Crippen molar-refractivity contribution in [3.05, 3.63) is 172 Å². The van der Waals surface area contributed by atoms with Crippen molar-refractivity contribution < 1.29 is 28.5 Å². The third-order valence-electron chi connectivity index (χ3n) is 14.5. The molecule has 6 aromatic rings. The highest BCUT2D eigenvalue weighted by Crippen LogP contribution is 2.53. The topological polar surface area (TPSA) is 71.1 Å². The highest BCUT2D eigenvalue weighted by atomic mass is 16.6. The number of carbonyl (C=O) groups is 2. The van der Waals surface area contributed by atoms with Crippen molar-refractivity contribution in [3.8, 4) is 22.6 Å². The van der Waals surface area contributed by atoms with Gasteiger partial charge >= 0.3 is 11.9 Å². The average Bonchev–Trinajstić information content (AvgIpc) is 3.59. The maximum atomic E-state index is 13.8. The number of hydrogen-bond donors (Lipinski definition) is 0. The molecule has 6 heteroatoms. The van der Waals surface area contributed by atoms with E-state index in [2.05, 4.69) is 85.8 Å². The van der Waals surface area contributed by atoms with Gasteiger partial charge in [-0.2, -0.15) is 0 Å². The van der Waals surface area contributed by atoms with Gasteiger partial charge in [-0.1, -0.05) is 124 Å². The SMILES string of the molecule is CCCCCC1CCC(c2ccc(OC(=O)c3ccc(-c4ccc5c6c(c7c(c5c4)C(=O)OC7(C)C)C=CC(c4ccccc4)(c4ccc(C5CCOCC5)cc4)O6)cc3)cc2)CC1. The molecule has 1 unspecified atom stereocenters. The van der Waals surface area contributed by atoms with Crippen LogP contribution in [0.15, 0.2) is 127 Å². The predicted octanol–water partition coefficient (Wildman–Crippen LogP) is 14.2. The van der Waals surface area contributed by atoms with Gasteiger partial charge in [-0.3, -0.25) is 0 Å². The largest absolute Gasteiger partial charge is 0.472 e. The van der Waals surface area contributed by atoms with Crippen molar-refractivity contribution in [2.24, 2.45) is 5.92 Å². The Labute approximate surface area is 377 Å². The van der Waals surface area contributed by atoms with Gasteiger partial charge in [-0.05, 0) is 135 Å². The van der Waals surface area contributed by atoms with E-state index >= 15 is 0 Å². The van der Waals surface area contributed by atoms with Crippen molar-refractivity contribution in [3.63, 3.8) is 0 Å². The molecule has 0 N–H and O–H groups in total. The summed E-state index contributed by atoms with van der Waals surface area (Å²) in [6, 6.07) is 41.0. The van der Waals surface area contributed by atoms with Gasteiger partial charge < -0.3 is 18.9 Å². The molecule has 3 heterocycles. The third kappa shape index (κ3) is 7.95. The van der Waals surface area contributed by atoms with Crippen LogP contribution in [0, 0.1) is 5.92 Å². The summed E-state index contributed by atoms with van der Waals surface area (Å²) in [5.74, 6) is 2.44. The fourth-order valence-corrected chi connectivity index (χ4v) is 10.9. The second-order valence-electron chi connectivity index (χ2n) is 18.9. The molecule has 0 aromatic heterocycles. The van der Waals surface area contributed by atoms with Crippen LogP contribution in [0.1, 0.15) is 151 Å². The van der Waals surface area contributed by atoms with Gasteiger partial charge in [0.1, 0.15) is 17.1 Å². The molecule has 2 fully saturated rings. The number of unbranched alkanes of at least 4 members (excludes halogenated alkanes) is 2. The number of hydrogen-bond acceptors (Lipinski definition) is 6. The van der Waals surface area contributed by atoms with E-state index in [1.165, 1.54) is 62.5 Å². The number of rotatable bonds is 11. The zero-order chi connectivity index (χ0) is 43.8. The van der Waals surface area contributed by atoms with E-state index in [-0.39, 0.29) is 5.97 Å². The molecule has 1 saturated heterocycles. The van der Waals surface area contributed by atoms with Crippen molar-refractivity contribution >= 4 is 28.8 Å². The summed E-state index contributed by atoms with van der Waals surface area (Å²) in [4.78, 5) is 27.2. The highest BCUT2D eigenvalue weighted by Gasteiger charge is 2.46. The van der Waals surface area contributed by atoms with Crippen LogP contribution in [-0.4, -0.2) is 25.2 Å². The molecule has 6 nitrogen and oxygen atoms in total. The van der Waals surface area contributed by atoms with Gasteiger partial charge in [-0.15, -0.1) is 0 Å². The summed E-state index contributed by atoms with van der Waals surface area (Å²) in [5.41, 5.74) is 7.40. The van der Waals surface area contributed by atoms with Crippen molar-refractivity contribution in [1.29, 1.82) is 0 Å². The lowest BCUT2D eigenvalue weighted by molar-refractivity contribution is 0.00939. The maximum absolute atomic E-state index is 13.8. The van der Waals surface area contributed by atoms with Gasteiger partial charge in [-0.25, -0.2) is 9.59 Å². The molecule has 1 aliphatic carbocycles. The molecule has 0 spiro atoms. The number of fused-ring (bicyclic) bond motifs is 6. The molecule has 3 aliphatic heterocycles. The molecule has 0 radical (unpaired) electrons. The standard InChI is InChI=1S/C58H58O6/c1-4-5-7-10-38-13-15-39(16-14-38)41-23-28-48(29-24-41)62-55(59)44-19-17-42(18-20-44)45-25-30-49-51(37-45)52-53(57(2,3)64-56(52)60)50-31-34-58(63-54(49)50,46-11-8-6-9-12-46)47-26-21-40(22-27-47)43-32-35-61-36-33-43/h6,8-9,11-12,17-31,34,37-39,43H,4-5,7,10,13-16,32-33,35-36H2,1-3H3. The molecule has 1 atom stereocenters. The Hall–Kier alpha value is -5.98. The van der Waals surface area contributed by atoms with Crippen LogP contribution in [0.2, 0.25) is 0 Å². The molecule has 6 aromatic carbocycles. The van der Waals surface area contributed by atoms with Crippen LogP contribution in [-0.2, 0) is 20.7 Å². The van der Waals surface area contributed by atoms with Crippen molar-refractivity contribution in [1.82, 2.24) is 0 Å². The minimum atomic E-state index is -0.921. The van der Waals surface area contributed by atoms with E-state index in [9.17, 15) is 9.59 Å². The van der Waals surface area contributed by atoms with Crippen LogP contribution >= 0.6 is 0 Å². The van der Waals surface area contributed by atoms with Gasteiger partial charge in [0.2, 0.25) is 0 Å². The Morgan fingerprint density at radius 2 is 1.34 bits per heavy atom. The molecule has 10 rings (SSSR count). The Morgan fingerprint density at radius 3 is 2.05 bits per heavy atom. The summed E-state index contributed by atoms with van der Waals surface area (Å²) in [7, 11) is 0. The predicted molar refractivity (Wildman–Crippen MR) is 254 cm³/mol. The Kier molecular flexibility index (Phi) is 11.5. The van der Waals surface area contributed by atoms with Crippen molar-refractivity contribution in [2.75, 3.05) is 13.2 Å². The first-order valence-electron chi connectivity index (χ1n) is 23.6. The number of esters is 2. The lowest BCUT2D eigenvalue weighted by atomic mass is 9.77. The van der Waals surface area contributed by atoms with Crippen LogP contribution < -0.4 is 9.47 Å². The number of carbonyl (C=O) groups excluding carboxylic acids is 2. The van der Waals surface area contributed by atoms with E-state index < -0.39 is 17.2 Å². The molecule has 64 heavy (non-hydrogen) atoms. The average molecular weight is 851 g/mol. The first-order chi connectivity index (χ1) is 31.2. The van der Waals surface area contributed by atoms with E-state index in [0.717, 1.165) is 76.1 Å². The molecule has 0 bridgehead atoms. The Balaban J connectivity index is 0.923. The van der Waals surface area contributed by atoms with E-state index in [1.807, 2.05) is 56.3 Å². The van der Waals surface area contributed by atoms with Gasteiger partial charge in [0.15, 0.2) is 5.60 Å². The zero-order valence-electron chi connectivity index (χ0n) is 37.4. The third-order valence-corrected chi connectivity index (χ3v) is 14.5. The zero-order valence-corrected chi connectivity index (χ0v) is 37.4. The van der Waals surface area contributed by atoms with Crippen LogP contribution in [0.4, 0.5) is 0 Å². The molecule has 4 aliphatic rings. The molecule has 326 valence electrons. The maximum Gasteiger partial charge on any atom is 0.343 e. The Bertz CT molecular complexity index is 2680. The molecule has 1 saturated carbocycles. The summed E-state index contributed by atoms with van der Waals surface area (Å²) >= 11 is 0. The van der Waals surface area contributed by atoms with E-state index in [4.69, 9.17) is 18.9 Å². The van der Waals surface area contributed by atoms with E-state index in [1.54, 1.807) is 12.1 Å². The highest BCUT2D eigenvalue weighted by molar-refractivity contribution is 6.13. The van der Waals surface area contributed by atoms with Crippen LogP contribution in [0.25, 0.3) is 28.0 Å². The normalized spacial score (nSPS) is 21.5. The number of cyclic esters (lactones) is 1. The summed E-state index contributed by atoms with van der Waals surface area (Å²) in [5, 5.41) is 1.60. The summed E-state index contributed by atoms with van der Waals surface area (Å²) in [6.45, 7) is 7.75. The smallest absolute Gasteiger partial charge is 0.343 e. The lowest BCUT2D eigenvalue weighted by Gasteiger charge is -2.38. The lowest BCUT2D eigenvalue weighted by Crippen LogP contribution is -2.35. The second kappa shape index (κ2) is 17.5. The van der Waals surface area contributed by atoms with Crippen LogP contribution in [0.5, 0.6) is 11.5 Å². The fourth-order valence-electron chi connectivity index (χ4n) is 10.9. The van der Waals surface area contributed by atoms with Crippen molar-refractivity contribution in [2.45, 2.75) is 108 Å².